The van der Waals surface area contributed by atoms with Crippen LogP contribution in [0.3, 0.4) is 0 Å². The zero-order chi connectivity index (χ0) is 9.44. The van der Waals surface area contributed by atoms with E-state index in [9.17, 15) is 4.79 Å². The number of carbonyl (C=O) groups is 1. The molecule has 0 rings (SSSR count). The van der Waals surface area contributed by atoms with Gasteiger partial charge in [0.05, 0.1) is 0 Å². The molecule has 0 atom stereocenters. The van der Waals surface area contributed by atoms with Gasteiger partial charge in [-0.15, -0.1) is 0 Å². The molecule has 0 aromatic carbocycles. The summed E-state index contributed by atoms with van der Waals surface area (Å²) in [4.78, 5) is 12.7. The SMILES string of the molecule is CC.CCN(C)C(=O)C(C)C. The van der Waals surface area contributed by atoms with Gasteiger partial charge in [-0.25, -0.2) is 0 Å². The van der Waals surface area contributed by atoms with E-state index in [2.05, 4.69) is 0 Å². The first-order valence-corrected chi connectivity index (χ1v) is 4.34. The minimum Gasteiger partial charge on any atom is -0.346 e. The Morgan fingerprint density at radius 3 is 1.82 bits per heavy atom. The molecule has 0 aromatic heterocycles. The molecule has 1 amide bonds. The summed E-state index contributed by atoms with van der Waals surface area (Å²) in [6, 6.07) is 0. The van der Waals surface area contributed by atoms with Gasteiger partial charge in [-0.05, 0) is 6.92 Å². The monoisotopic (exact) mass is 159 g/mol. The van der Waals surface area contributed by atoms with E-state index in [1.54, 1.807) is 4.90 Å². The number of nitrogens with zero attached hydrogens (tertiary/aromatic N) is 1. The summed E-state index contributed by atoms with van der Waals surface area (Å²) in [6.45, 7) is 10.6. The molecule has 0 spiro atoms. The van der Waals surface area contributed by atoms with E-state index in [1.165, 1.54) is 0 Å². The van der Waals surface area contributed by atoms with Gasteiger partial charge in [-0.2, -0.15) is 0 Å². The Morgan fingerprint density at radius 1 is 1.36 bits per heavy atom. The van der Waals surface area contributed by atoms with E-state index in [4.69, 9.17) is 0 Å². The Balaban J connectivity index is 0. The second-order valence-corrected chi connectivity index (χ2v) is 2.51. The van der Waals surface area contributed by atoms with Crippen LogP contribution < -0.4 is 0 Å². The Morgan fingerprint density at radius 2 is 1.73 bits per heavy atom. The average Bonchev–Trinajstić information content (AvgIpc) is 2.05. The van der Waals surface area contributed by atoms with Crippen molar-refractivity contribution in [3.05, 3.63) is 0 Å². The molecule has 2 nitrogen and oxygen atoms in total. The van der Waals surface area contributed by atoms with Crippen LogP contribution in [0.5, 0.6) is 0 Å². The first-order chi connectivity index (χ1) is 5.09. The number of amides is 1. The molecule has 0 N–H and O–H groups in total. The minimum absolute atomic E-state index is 0.134. The highest BCUT2D eigenvalue weighted by Crippen LogP contribution is 1.96. The predicted octanol–water partition coefficient (Wildman–Crippen LogP) is 2.15. The van der Waals surface area contributed by atoms with Crippen LogP contribution >= 0.6 is 0 Å². The van der Waals surface area contributed by atoms with Gasteiger partial charge in [0, 0.05) is 19.5 Å². The molecule has 0 bridgehead atoms. The van der Waals surface area contributed by atoms with Gasteiger partial charge in [0.1, 0.15) is 0 Å². The molecule has 0 saturated heterocycles. The molecule has 68 valence electrons. The number of rotatable bonds is 2. The molecule has 0 aliphatic carbocycles. The molecule has 0 fully saturated rings. The van der Waals surface area contributed by atoms with Gasteiger partial charge in [0.25, 0.3) is 0 Å². The molecular formula is C9H21NO. The van der Waals surface area contributed by atoms with Gasteiger partial charge in [-0.3, -0.25) is 4.79 Å². The second kappa shape index (κ2) is 7.58. The standard InChI is InChI=1S/C7H15NO.C2H6/c1-5-8(4)7(9)6(2)3;1-2/h6H,5H2,1-4H3;1-2H3. The summed E-state index contributed by atoms with van der Waals surface area (Å²) in [7, 11) is 1.82. The van der Waals surface area contributed by atoms with Gasteiger partial charge < -0.3 is 4.90 Å². The summed E-state index contributed by atoms with van der Waals surface area (Å²) >= 11 is 0. The third-order valence-corrected chi connectivity index (χ3v) is 1.34. The van der Waals surface area contributed by atoms with E-state index in [0.29, 0.717) is 0 Å². The molecule has 0 saturated carbocycles. The van der Waals surface area contributed by atoms with Crippen LogP contribution in [-0.4, -0.2) is 24.4 Å². The minimum atomic E-state index is 0.134. The van der Waals surface area contributed by atoms with Crippen molar-refractivity contribution in [1.29, 1.82) is 0 Å². The molecule has 0 unspecified atom stereocenters. The number of carbonyl (C=O) groups excluding carboxylic acids is 1. The van der Waals surface area contributed by atoms with Crippen molar-refractivity contribution in [1.82, 2.24) is 4.90 Å². The van der Waals surface area contributed by atoms with Crippen molar-refractivity contribution in [3.8, 4) is 0 Å². The van der Waals surface area contributed by atoms with Crippen LogP contribution in [-0.2, 0) is 4.79 Å². The molecule has 0 heterocycles. The van der Waals surface area contributed by atoms with Crippen molar-refractivity contribution >= 4 is 5.91 Å². The summed E-state index contributed by atoms with van der Waals surface area (Å²) < 4.78 is 0. The number of hydrogen-bond donors (Lipinski definition) is 0. The highest BCUT2D eigenvalue weighted by Gasteiger charge is 2.09. The fourth-order valence-corrected chi connectivity index (χ4v) is 0.597. The maximum Gasteiger partial charge on any atom is 0.224 e. The Labute approximate surface area is 70.6 Å². The smallest absolute Gasteiger partial charge is 0.224 e. The molecule has 0 aromatic rings. The first kappa shape index (κ1) is 13.1. The largest absolute Gasteiger partial charge is 0.346 e. The van der Waals surface area contributed by atoms with E-state index < -0.39 is 0 Å². The molecule has 0 radical (unpaired) electrons. The van der Waals surface area contributed by atoms with Gasteiger partial charge in [0.15, 0.2) is 0 Å². The lowest BCUT2D eigenvalue weighted by Crippen LogP contribution is -2.29. The zero-order valence-electron chi connectivity index (χ0n) is 8.64. The summed E-state index contributed by atoms with van der Waals surface area (Å²) in [5.74, 6) is 0.354. The van der Waals surface area contributed by atoms with Crippen molar-refractivity contribution in [2.75, 3.05) is 13.6 Å². The quantitative estimate of drug-likeness (QED) is 0.604. The van der Waals surface area contributed by atoms with E-state index in [1.807, 2.05) is 41.7 Å². The lowest BCUT2D eigenvalue weighted by atomic mass is 10.2. The molecule has 2 heteroatoms. The van der Waals surface area contributed by atoms with Crippen LogP contribution in [0.2, 0.25) is 0 Å². The summed E-state index contributed by atoms with van der Waals surface area (Å²) in [6.07, 6.45) is 0. The maximum atomic E-state index is 11.0. The third-order valence-electron chi connectivity index (χ3n) is 1.34. The fourth-order valence-electron chi connectivity index (χ4n) is 0.597. The second-order valence-electron chi connectivity index (χ2n) is 2.51. The van der Waals surface area contributed by atoms with Crippen LogP contribution in [0.4, 0.5) is 0 Å². The normalized spacial score (nSPS) is 8.64. The fraction of sp³-hybridized carbons (Fsp3) is 0.889. The third kappa shape index (κ3) is 5.89. The summed E-state index contributed by atoms with van der Waals surface area (Å²) in [5, 5.41) is 0. The topological polar surface area (TPSA) is 20.3 Å². The lowest BCUT2D eigenvalue weighted by Gasteiger charge is -2.16. The Bertz CT molecular complexity index is 99.7. The molecule has 0 aliphatic heterocycles. The summed E-state index contributed by atoms with van der Waals surface area (Å²) in [5.41, 5.74) is 0. The van der Waals surface area contributed by atoms with Gasteiger partial charge in [0.2, 0.25) is 5.91 Å². The maximum absolute atomic E-state index is 11.0. The van der Waals surface area contributed by atoms with Crippen molar-refractivity contribution in [2.24, 2.45) is 5.92 Å². The molecule has 0 aliphatic rings. The molecule has 11 heavy (non-hydrogen) atoms. The van der Waals surface area contributed by atoms with Crippen LogP contribution in [0.1, 0.15) is 34.6 Å². The molecular weight excluding hydrogens is 138 g/mol. The van der Waals surface area contributed by atoms with Crippen molar-refractivity contribution in [3.63, 3.8) is 0 Å². The number of hydrogen-bond acceptors (Lipinski definition) is 1. The lowest BCUT2D eigenvalue weighted by molar-refractivity contribution is -0.132. The van der Waals surface area contributed by atoms with E-state index >= 15 is 0 Å². The highest BCUT2D eigenvalue weighted by molar-refractivity contribution is 5.77. The van der Waals surface area contributed by atoms with E-state index in [0.717, 1.165) is 6.54 Å². The Hall–Kier alpha value is -0.530. The Kier molecular flexibility index (Phi) is 9.01. The van der Waals surface area contributed by atoms with Gasteiger partial charge >= 0.3 is 0 Å². The van der Waals surface area contributed by atoms with Crippen molar-refractivity contribution in [2.45, 2.75) is 34.6 Å². The van der Waals surface area contributed by atoms with Crippen molar-refractivity contribution < 1.29 is 4.79 Å². The zero-order valence-corrected chi connectivity index (χ0v) is 8.64. The van der Waals surface area contributed by atoms with Crippen LogP contribution in [0.25, 0.3) is 0 Å². The van der Waals surface area contributed by atoms with Crippen LogP contribution in [0.15, 0.2) is 0 Å². The highest BCUT2D eigenvalue weighted by atomic mass is 16.2. The van der Waals surface area contributed by atoms with E-state index in [-0.39, 0.29) is 11.8 Å². The first-order valence-electron chi connectivity index (χ1n) is 4.34. The predicted molar refractivity (Wildman–Crippen MR) is 49.5 cm³/mol. The van der Waals surface area contributed by atoms with Gasteiger partial charge in [-0.1, -0.05) is 27.7 Å². The average molecular weight is 159 g/mol. The van der Waals surface area contributed by atoms with Crippen LogP contribution in [0, 0.1) is 5.92 Å².